The van der Waals surface area contributed by atoms with Crippen LogP contribution in [0, 0.1) is 5.41 Å². The SMILES string of the molecule is CCc1c(N)ncnc1N1CCC(CC)(CC)C1. The summed E-state index contributed by atoms with van der Waals surface area (Å²) in [5, 5.41) is 0. The monoisotopic (exact) mass is 248 g/mol. The fraction of sp³-hybridized carbons (Fsp3) is 0.714. The molecular weight excluding hydrogens is 224 g/mol. The Balaban J connectivity index is 2.27. The molecule has 0 atom stereocenters. The molecule has 1 aliphatic rings. The summed E-state index contributed by atoms with van der Waals surface area (Å²) in [6.07, 6.45) is 6.21. The molecule has 0 unspecified atom stereocenters. The Hall–Kier alpha value is -1.32. The minimum atomic E-state index is 0.463. The third kappa shape index (κ3) is 2.16. The van der Waals surface area contributed by atoms with Crippen LogP contribution < -0.4 is 10.6 Å². The summed E-state index contributed by atoms with van der Waals surface area (Å²) >= 11 is 0. The van der Waals surface area contributed by atoms with E-state index in [9.17, 15) is 0 Å². The van der Waals surface area contributed by atoms with Crippen LogP contribution in [0.1, 0.15) is 45.6 Å². The third-order valence-corrected chi connectivity index (χ3v) is 4.55. The number of aromatic nitrogens is 2. The molecule has 1 aromatic rings. The van der Waals surface area contributed by atoms with Crippen molar-refractivity contribution >= 4 is 11.6 Å². The molecule has 2 rings (SSSR count). The van der Waals surface area contributed by atoms with E-state index in [2.05, 4.69) is 35.6 Å². The smallest absolute Gasteiger partial charge is 0.137 e. The Morgan fingerprint density at radius 1 is 1.28 bits per heavy atom. The third-order valence-electron chi connectivity index (χ3n) is 4.55. The Kier molecular flexibility index (Phi) is 3.73. The number of hydrogen-bond acceptors (Lipinski definition) is 4. The zero-order valence-corrected chi connectivity index (χ0v) is 11.7. The van der Waals surface area contributed by atoms with E-state index >= 15 is 0 Å². The second-order valence-corrected chi connectivity index (χ2v) is 5.29. The van der Waals surface area contributed by atoms with Crippen LogP contribution in [0.25, 0.3) is 0 Å². The minimum absolute atomic E-state index is 0.463. The Labute approximate surface area is 110 Å². The van der Waals surface area contributed by atoms with Gasteiger partial charge in [-0.05, 0) is 31.1 Å². The molecule has 0 aliphatic carbocycles. The summed E-state index contributed by atoms with van der Waals surface area (Å²) in [6, 6.07) is 0. The van der Waals surface area contributed by atoms with Crippen LogP contribution >= 0.6 is 0 Å². The van der Waals surface area contributed by atoms with Crippen LogP contribution in [-0.4, -0.2) is 23.1 Å². The highest BCUT2D eigenvalue weighted by Crippen LogP contribution is 2.39. The maximum atomic E-state index is 5.95. The summed E-state index contributed by atoms with van der Waals surface area (Å²) in [6.45, 7) is 8.89. The molecule has 1 aromatic heterocycles. The van der Waals surface area contributed by atoms with Gasteiger partial charge in [-0.1, -0.05) is 20.8 Å². The molecule has 0 radical (unpaired) electrons. The summed E-state index contributed by atoms with van der Waals surface area (Å²) in [7, 11) is 0. The molecule has 100 valence electrons. The Morgan fingerprint density at radius 2 is 2.00 bits per heavy atom. The molecule has 1 fully saturated rings. The van der Waals surface area contributed by atoms with E-state index in [1.807, 2.05) is 0 Å². The zero-order chi connectivity index (χ0) is 13.2. The lowest BCUT2D eigenvalue weighted by Gasteiger charge is -2.27. The highest BCUT2D eigenvalue weighted by molar-refractivity contribution is 5.57. The van der Waals surface area contributed by atoms with E-state index in [4.69, 9.17) is 5.73 Å². The van der Waals surface area contributed by atoms with Crippen molar-refractivity contribution in [2.45, 2.75) is 46.5 Å². The van der Waals surface area contributed by atoms with Gasteiger partial charge in [-0.3, -0.25) is 0 Å². The van der Waals surface area contributed by atoms with E-state index < -0.39 is 0 Å². The molecule has 4 heteroatoms. The van der Waals surface area contributed by atoms with Crippen molar-refractivity contribution in [2.75, 3.05) is 23.7 Å². The van der Waals surface area contributed by atoms with E-state index in [-0.39, 0.29) is 0 Å². The molecule has 1 aliphatic heterocycles. The summed E-state index contributed by atoms with van der Waals surface area (Å²) < 4.78 is 0. The number of nitrogens with two attached hydrogens (primary N) is 1. The zero-order valence-electron chi connectivity index (χ0n) is 11.7. The fourth-order valence-electron chi connectivity index (χ4n) is 2.97. The molecule has 0 aromatic carbocycles. The van der Waals surface area contributed by atoms with Crippen molar-refractivity contribution in [1.29, 1.82) is 0 Å². The second-order valence-electron chi connectivity index (χ2n) is 5.29. The first-order chi connectivity index (χ1) is 8.65. The lowest BCUT2D eigenvalue weighted by Crippen LogP contribution is -2.27. The Morgan fingerprint density at radius 3 is 2.56 bits per heavy atom. The predicted octanol–water partition coefficient (Wildman–Crippen LogP) is 2.64. The largest absolute Gasteiger partial charge is 0.383 e. The van der Waals surface area contributed by atoms with Crippen molar-refractivity contribution < 1.29 is 0 Å². The maximum Gasteiger partial charge on any atom is 0.137 e. The van der Waals surface area contributed by atoms with Crippen molar-refractivity contribution in [3.63, 3.8) is 0 Å². The van der Waals surface area contributed by atoms with Crippen molar-refractivity contribution in [2.24, 2.45) is 5.41 Å². The highest BCUT2D eigenvalue weighted by Gasteiger charge is 2.36. The second kappa shape index (κ2) is 5.12. The van der Waals surface area contributed by atoms with Gasteiger partial charge in [-0.25, -0.2) is 9.97 Å². The summed E-state index contributed by atoms with van der Waals surface area (Å²) in [5.41, 5.74) is 7.52. The van der Waals surface area contributed by atoms with Crippen molar-refractivity contribution in [3.05, 3.63) is 11.9 Å². The van der Waals surface area contributed by atoms with Gasteiger partial charge >= 0.3 is 0 Å². The van der Waals surface area contributed by atoms with Crippen molar-refractivity contribution in [1.82, 2.24) is 9.97 Å². The first kappa shape index (κ1) is 13.1. The first-order valence-electron chi connectivity index (χ1n) is 7.00. The van der Waals surface area contributed by atoms with Gasteiger partial charge in [-0.2, -0.15) is 0 Å². The van der Waals surface area contributed by atoms with Crippen LogP contribution in [0.15, 0.2) is 6.33 Å². The molecule has 1 saturated heterocycles. The average molecular weight is 248 g/mol. The molecule has 4 nitrogen and oxygen atoms in total. The minimum Gasteiger partial charge on any atom is -0.383 e. The number of rotatable bonds is 4. The van der Waals surface area contributed by atoms with Crippen LogP contribution in [-0.2, 0) is 6.42 Å². The first-order valence-corrected chi connectivity index (χ1v) is 7.00. The van der Waals surface area contributed by atoms with Gasteiger partial charge in [0.2, 0.25) is 0 Å². The lowest BCUT2D eigenvalue weighted by molar-refractivity contribution is 0.301. The van der Waals surface area contributed by atoms with Crippen LogP contribution in [0.5, 0.6) is 0 Å². The lowest BCUT2D eigenvalue weighted by atomic mass is 9.82. The van der Waals surface area contributed by atoms with Crippen LogP contribution in [0.4, 0.5) is 11.6 Å². The summed E-state index contributed by atoms with van der Waals surface area (Å²) in [5.74, 6) is 1.68. The molecule has 2 heterocycles. The molecule has 0 bridgehead atoms. The van der Waals surface area contributed by atoms with Gasteiger partial charge in [0.15, 0.2) is 0 Å². The van der Waals surface area contributed by atoms with Crippen LogP contribution in [0.2, 0.25) is 0 Å². The standard InChI is InChI=1S/C14H24N4/c1-4-11-12(15)16-10-17-13(11)18-8-7-14(5-2,6-3)9-18/h10H,4-9H2,1-3H3,(H2,15,16,17). The van der Waals surface area contributed by atoms with Gasteiger partial charge in [-0.15, -0.1) is 0 Å². The average Bonchev–Trinajstić information content (AvgIpc) is 2.83. The normalized spacial score (nSPS) is 18.3. The van der Waals surface area contributed by atoms with Crippen molar-refractivity contribution in [3.8, 4) is 0 Å². The van der Waals surface area contributed by atoms with E-state index in [1.54, 1.807) is 6.33 Å². The molecule has 18 heavy (non-hydrogen) atoms. The van der Waals surface area contributed by atoms with E-state index in [0.29, 0.717) is 11.2 Å². The highest BCUT2D eigenvalue weighted by atomic mass is 15.2. The molecule has 0 spiro atoms. The van der Waals surface area contributed by atoms with Gasteiger partial charge in [0.25, 0.3) is 0 Å². The van der Waals surface area contributed by atoms with Gasteiger partial charge in [0, 0.05) is 18.7 Å². The molecular formula is C14H24N4. The van der Waals surface area contributed by atoms with E-state index in [1.165, 1.54) is 19.3 Å². The Bertz CT molecular complexity index is 412. The van der Waals surface area contributed by atoms with Gasteiger partial charge in [0.1, 0.15) is 18.0 Å². The van der Waals surface area contributed by atoms with Gasteiger partial charge in [0.05, 0.1) is 0 Å². The maximum absolute atomic E-state index is 5.95. The van der Waals surface area contributed by atoms with Gasteiger partial charge < -0.3 is 10.6 Å². The molecule has 2 N–H and O–H groups in total. The fourth-order valence-corrected chi connectivity index (χ4v) is 2.97. The predicted molar refractivity (Wildman–Crippen MR) is 75.7 cm³/mol. The van der Waals surface area contributed by atoms with E-state index in [0.717, 1.165) is 30.9 Å². The summed E-state index contributed by atoms with van der Waals surface area (Å²) in [4.78, 5) is 11.0. The quantitative estimate of drug-likeness (QED) is 0.890. The number of nitrogens with zero attached hydrogens (tertiary/aromatic N) is 3. The molecule has 0 saturated carbocycles. The number of anilines is 2. The topological polar surface area (TPSA) is 55.0 Å². The van der Waals surface area contributed by atoms with Crippen LogP contribution in [0.3, 0.4) is 0 Å². The number of hydrogen-bond donors (Lipinski definition) is 1. The number of nitrogen functional groups attached to an aromatic ring is 1. The molecule has 0 amide bonds.